The third-order valence-corrected chi connectivity index (χ3v) is 25.3. The van der Waals surface area contributed by atoms with Crippen molar-refractivity contribution in [3.8, 4) is 0 Å². The Kier molecular flexibility index (Phi) is 20.6. The topological polar surface area (TPSA) is 0 Å². The molecule has 19 fully saturated rings. The smallest absolute Gasteiger partial charge is 0.0235 e. The molecule has 14 bridgehead atoms. The Morgan fingerprint density at radius 2 is 0.304 bits per heavy atom. The van der Waals surface area contributed by atoms with Crippen LogP contribution in [0.1, 0.15) is 334 Å². The third kappa shape index (κ3) is 16.5. The highest BCUT2D eigenvalue weighted by Gasteiger charge is 2.73. The van der Waals surface area contributed by atoms with Crippen LogP contribution in [0.4, 0.5) is 0 Å². The maximum absolute atomic E-state index is 1.62. The lowest BCUT2D eigenvalue weighted by atomic mass is 9.71. The monoisotopic (exact) mass is 949 g/mol. The molecule has 69 heavy (non-hydrogen) atoms. The van der Waals surface area contributed by atoms with E-state index in [0.717, 1.165) is 76.4 Å². The third-order valence-electron chi connectivity index (χ3n) is 25.3. The van der Waals surface area contributed by atoms with Crippen LogP contribution < -0.4 is 0 Å². The second kappa shape index (κ2) is 27.2. The summed E-state index contributed by atoms with van der Waals surface area (Å²) in [5.41, 5.74) is 1.03. The summed E-state index contributed by atoms with van der Waals surface area (Å²) < 4.78 is 0. The Balaban J connectivity index is 0.0000000919. The highest BCUT2D eigenvalue weighted by Crippen LogP contribution is 2.81. The largest absolute Gasteiger partial charge is 0.0530 e. The fourth-order valence-electron chi connectivity index (χ4n) is 20.3. The molecule has 0 aliphatic heterocycles. The Hall–Kier alpha value is 0. The first-order chi connectivity index (χ1) is 34.1. The number of hydrogen-bond acceptors (Lipinski definition) is 0. The molecule has 0 aromatic heterocycles. The molecule has 1 spiro atoms. The summed E-state index contributed by atoms with van der Waals surface area (Å²) in [7, 11) is 0. The van der Waals surface area contributed by atoms with Crippen molar-refractivity contribution in [3.63, 3.8) is 0 Å². The second-order valence-electron chi connectivity index (χ2n) is 30.0. The van der Waals surface area contributed by atoms with Crippen molar-refractivity contribution in [3.05, 3.63) is 0 Å². The highest BCUT2D eigenvalue weighted by atomic mass is 14.8. The molecule has 19 rings (SSSR count). The fourth-order valence-corrected chi connectivity index (χ4v) is 20.3. The minimum Gasteiger partial charge on any atom is -0.0530 e. The van der Waals surface area contributed by atoms with Crippen LogP contribution in [0.3, 0.4) is 0 Å². The van der Waals surface area contributed by atoms with Crippen molar-refractivity contribution in [2.45, 2.75) is 334 Å². The van der Waals surface area contributed by atoms with Gasteiger partial charge in [-0.2, -0.15) is 0 Å². The van der Waals surface area contributed by atoms with Gasteiger partial charge in [-0.15, -0.1) is 0 Å². The van der Waals surface area contributed by atoms with Crippen LogP contribution in [0.5, 0.6) is 0 Å². The molecule has 0 aromatic carbocycles. The van der Waals surface area contributed by atoms with E-state index in [-0.39, 0.29) is 0 Å². The predicted molar refractivity (Wildman–Crippen MR) is 298 cm³/mol. The molecule has 0 heterocycles. The summed E-state index contributed by atoms with van der Waals surface area (Å²) in [6, 6.07) is 0. The average Bonchev–Trinajstić information content (AvgIpc) is 4.21. The molecule has 0 amide bonds. The van der Waals surface area contributed by atoms with Gasteiger partial charge in [0.1, 0.15) is 0 Å². The van der Waals surface area contributed by atoms with Crippen molar-refractivity contribution >= 4 is 0 Å². The molecular formula is C69H120. The quantitative estimate of drug-likeness (QED) is 0.227. The van der Waals surface area contributed by atoms with Gasteiger partial charge in [0, 0.05) is 0 Å². The van der Waals surface area contributed by atoms with Gasteiger partial charge < -0.3 is 0 Å². The normalized spacial score (nSPS) is 45.9. The van der Waals surface area contributed by atoms with Gasteiger partial charge >= 0.3 is 0 Å². The van der Waals surface area contributed by atoms with E-state index in [4.69, 9.17) is 0 Å². The van der Waals surface area contributed by atoms with Crippen LogP contribution in [0, 0.1) is 100 Å². The summed E-state index contributed by atoms with van der Waals surface area (Å²) in [6.07, 6.45) is 81.0. The lowest BCUT2D eigenvalue weighted by Crippen LogP contribution is -2.21. The van der Waals surface area contributed by atoms with Crippen LogP contribution in [0.25, 0.3) is 0 Å². The minimum atomic E-state index is 1.03. The van der Waals surface area contributed by atoms with Gasteiger partial charge in [0.25, 0.3) is 0 Å². The van der Waals surface area contributed by atoms with E-state index in [1.165, 1.54) is 81.5 Å². The summed E-state index contributed by atoms with van der Waals surface area (Å²) in [5, 5.41) is 0. The maximum Gasteiger partial charge on any atom is -0.0235 e. The molecule has 0 N–H and O–H groups in total. The number of fused-ring (bicyclic) bond motifs is 19. The maximum atomic E-state index is 1.62. The molecule has 6 unspecified atom stereocenters. The first kappa shape index (κ1) is 52.4. The lowest BCUT2D eigenvalue weighted by molar-refractivity contribution is 0.176. The van der Waals surface area contributed by atoms with Crippen LogP contribution in [-0.2, 0) is 0 Å². The molecule has 0 nitrogen and oxygen atoms in total. The van der Waals surface area contributed by atoms with Crippen LogP contribution in [0.15, 0.2) is 0 Å². The molecule has 396 valence electrons. The molecule has 19 aliphatic carbocycles. The van der Waals surface area contributed by atoms with Crippen LogP contribution >= 0.6 is 0 Å². The summed E-state index contributed by atoms with van der Waals surface area (Å²) in [6.45, 7) is 0. The van der Waals surface area contributed by atoms with E-state index >= 15 is 0 Å². The van der Waals surface area contributed by atoms with Crippen LogP contribution in [0.2, 0.25) is 0 Å². The summed E-state index contributed by atoms with van der Waals surface area (Å²) in [4.78, 5) is 0. The summed E-state index contributed by atoms with van der Waals surface area (Å²) >= 11 is 0. The van der Waals surface area contributed by atoms with Crippen molar-refractivity contribution in [1.82, 2.24) is 0 Å². The molecular weight excluding hydrogens is 829 g/mol. The van der Waals surface area contributed by atoms with Gasteiger partial charge in [-0.3, -0.25) is 0 Å². The zero-order chi connectivity index (χ0) is 46.5. The Bertz CT molecular complexity index is 1230. The van der Waals surface area contributed by atoms with E-state index in [1.807, 2.05) is 0 Å². The van der Waals surface area contributed by atoms with Crippen molar-refractivity contribution in [2.24, 2.45) is 100 Å². The summed E-state index contributed by atoms with van der Waals surface area (Å²) in [5.74, 6) is 18.5. The van der Waals surface area contributed by atoms with E-state index in [1.54, 1.807) is 276 Å². The van der Waals surface area contributed by atoms with Crippen LogP contribution in [-0.4, -0.2) is 0 Å². The number of hydrogen-bond donors (Lipinski definition) is 0. The van der Waals surface area contributed by atoms with E-state index < -0.39 is 0 Å². The highest BCUT2D eigenvalue weighted by molar-refractivity contribution is 5.22. The molecule has 19 aliphatic rings. The predicted octanol–water partition coefficient (Wildman–Crippen LogP) is 22.3. The van der Waals surface area contributed by atoms with E-state index in [9.17, 15) is 0 Å². The zero-order valence-corrected chi connectivity index (χ0v) is 46.5. The molecule has 6 atom stereocenters. The van der Waals surface area contributed by atoms with Gasteiger partial charge in [-0.05, 0) is 145 Å². The first-order valence-corrected chi connectivity index (χ1v) is 34.1. The van der Waals surface area contributed by atoms with Gasteiger partial charge in [-0.1, -0.05) is 289 Å². The molecule has 19 saturated carbocycles. The molecule has 0 saturated heterocycles. The Labute approximate surface area is 431 Å². The van der Waals surface area contributed by atoms with E-state index in [2.05, 4.69) is 0 Å². The van der Waals surface area contributed by atoms with Gasteiger partial charge in [-0.25, -0.2) is 0 Å². The fraction of sp³-hybridized carbons (Fsp3) is 1.00. The van der Waals surface area contributed by atoms with Gasteiger partial charge in [0.2, 0.25) is 0 Å². The molecule has 0 heteroatoms. The van der Waals surface area contributed by atoms with Crippen molar-refractivity contribution in [1.29, 1.82) is 0 Å². The Morgan fingerprint density at radius 3 is 0.493 bits per heavy atom. The van der Waals surface area contributed by atoms with Gasteiger partial charge in [0.15, 0.2) is 0 Å². The average molecular weight is 950 g/mol. The minimum absolute atomic E-state index is 1.03. The molecule has 0 radical (unpaired) electrons. The molecule has 0 aromatic rings. The van der Waals surface area contributed by atoms with E-state index in [0.29, 0.717) is 0 Å². The zero-order valence-electron chi connectivity index (χ0n) is 46.5. The number of rotatable bonds is 0. The standard InChI is InChI=1S/C11H20.C10H18.2C9H16.2C8H14.C7H10.C7H12/c1-2-5-11-7-3-6-10(4-1)8-9-11;1-3-9-5-2-6-10(4-1)8-7-9;1-3-8-5-2-6-9(4-1)7-8;1-2-8-4-6-9(3-1)7-5-8;1-2-8-5-3-7(1)4-6-8;1-2-7-4-5-8(3-1)6-7;1-2-6-4-7(6)3-5(1)7;1-2-7-4-3-6(1)5-7/h10-11H,1-9H2;9-10H,1-8H2;2*8-9H,1-7H2;2*7-8H,1-6H2;5-6H,1-4H2;6-7H,1-5H2. The lowest BCUT2D eigenvalue weighted by Gasteiger charge is -2.35. The first-order valence-electron chi connectivity index (χ1n) is 34.1. The van der Waals surface area contributed by atoms with Gasteiger partial charge in [0.05, 0.1) is 0 Å². The second-order valence-corrected chi connectivity index (χ2v) is 30.0. The van der Waals surface area contributed by atoms with Crippen molar-refractivity contribution in [2.75, 3.05) is 0 Å². The van der Waals surface area contributed by atoms with Crippen molar-refractivity contribution < 1.29 is 0 Å². The Morgan fingerprint density at radius 1 is 0.145 bits per heavy atom. The SMILES string of the molecule is C1CC2CC23CC13.C1CC2CCC(C1)C2.C1CC2CCC(C1)CC2.C1CC2CCC1C2.C1CC2CCC1CC2.C1CC2CCCC(C1)C2.C1CC2CCCC(C1)CC2.C1CCC2CCCC(C1)CC2.